The van der Waals surface area contributed by atoms with Crippen LogP contribution >= 0.6 is 0 Å². The molecule has 0 aromatic rings. The number of unbranched alkanes of at least 4 members (excludes halogenated alkanes) is 1. The third-order valence-corrected chi connectivity index (χ3v) is 5.30. The first-order valence-electron chi connectivity index (χ1n) is 5.12. The first-order chi connectivity index (χ1) is 6.27. The average Bonchev–Trinajstić information content (AvgIpc) is 2.53. The molecule has 1 fully saturated rings. The third kappa shape index (κ3) is 4.65. The summed E-state index contributed by atoms with van der Waals surface area (Å²) in [5, 5.41) is 0. The van der Waals surface area contributed by atoms with E-state index in [1.165, 1.54) is 21.8 Å². The zero-order valence-corrected chi connectivity index (χ0v) is 11.0. The van der Waals surface area contributed by atoms with E-state index in [9.17, 15) is 0 Å². The average molecular weight is 300 g/mol. The Morgan fingerprint density at radius 3 is 2.54 bits per heavy atom. The van der Waals surface area contributed by atoms with Gasteiger partial charge in [-0.2, -0.15) is 0 Å². The Morgan fingerprint density at radius 2 is 1.92 bits per heavy atom. The Kier molecular flexibility index (Phi) is 5.66. The van der Waals surface area contributed by atoms with Crippen molar-refractivity contribution in [3.8, 4) is 0 Å². The van der Waals surface area contributed by atoms with Gasteiger partial charge in [0.15, 0.2) is 0 Å². The fourth-order valence-electron chi connectivity index (χ4n) is 1.31. The molecule has 78 valence electrons. The van der Waals surface area contributed by atoms with Gasteiger partial charge in [0.1, 0.15) is 0 Å². The quantitative estimate of drug-likeness (QED) is 0.554. The fourth-order valence-corrected chi connectivity index (χ4v) is 4.77. The molecule has 0 spiro atoms. The second kappa shape index (κ2) is 6.24. The predicted molar refractivity (Wildman–Crippen MR) is 55.2 cm³/mol. The van der Waals surface area contributed by atoms with Crippen LogP contribution in [-0.2, 0) is 9.47 Å². The van der Waals surface area contributed by atoms with Crippen molar-refractivity contribution in [1.82, 2.24) is 0 Å². The standard InChI is InChI=1S/C10H20O2Te/c1-3-4-8-13-9-5-10(2)11-6-7-12-10/h3-9H2,1-2H3. The zero-order valence-electron chi connectivity index (χ0n) is 8.67. The van der Waals surface area contributed by atoms with E-state index < -0.39 is 0 Å². The van der Waals surface area contributed by atoms with Crippen LogP contribution in [0.2, 0.25) is 8.94 Å². The minimum absolute atomic E-state index is 0.225. The van der Waals surface area contributed by atoms with Gasteiger partial charge >= 0.3 is 91.4 Å². The second-order valence-electron chi connectivity index (χ2n) is 3.55. The van der Waals surface area contributed by atoms with E-state index in [4.69, 9.17) is 9.47 Å². The molecule has 0 bridgehead atoms. The number of hydrogen-bond acceptors (Lipinski definition) is 2. The molecule has 1 saturated heterocycles. The first-order valence-corrected chi connectivity index (χ1v) is 8.42. The van der Waals surface area contributed by atoms with Crippen molar-refractivity contribution >= 4 is 20.9 Å². The van der Waals surface area contributed by atoms with Gasteiger partial charge in [-0.25, -0.2) is 0 Å². The molecular formula is C10H20O2Te. The monoisotopic (exact) mass is 302 g/mol. The Hall–Kier alpha value is 0.710. The van der Waals surface area contributed by atoms with E-state index in [1.54, 1.807) is 0 Å². The van der Waals surface area contributed by atoms with Crippen LogP contribution in [0.1, 0.15) is 33.1 Å². The van der Waals surface area contributed by atoms with Gasteiger partial charge in [-0.1, -0.05) is 0 Å². The van der Waals surface area contributed by atoms with Crippen molar-refractivity contribution < 1.29 is 9.47 Å². The van der Waals surface area contributed by atoms with E-state index in [1.807, 2.05) is 0 Å². The van der Waals surface area contributed by atoms with E-state index in [-0.39, 0.29) is 26.7 Å². The molecule has 1 aliphatic rings. The molecule has 0 aliphatic carbocycles. The first kappa shape index (κ1) is 11.8. The molecule has 0 amide bonds. The summed E-state index contributed by atoms with van der Waals surface area (Å²) in [6.07, 6.45) is 3.87. The molecule has 1 heterocycles. The van der Waals surface area contributed by atoms with E-state index in [0.29, 0.717) is 0 Å². The van der Waals surface area contributed by atoms with Crippen molar-refractivity contribution in [3.05, 3.63) is 0 Å². The van der Waals surface area contributed by atoms with Crippen molar-refractivity contribution in [3.63, 3.8) is 0 Å². The van der Waals surface area contributed by atoms with E-state index in [0.717, 1.165) is 19.6 Å². The third-order valence-electron chi connectivity index (χ3n) is 2.24. The Labute approximate surface area is 91.4 Å². The van der Waals surface area contributed by atoms with Crippen molar-refractivity contribution in [1.29, 1.82) is 0 Å². The van der Waals surface area contributed by atoms with E-state index in [2.05, 4.69) is 13.8 Å². The maximum atomic E-state index is 5.55. The molecule has 0 saturated carbocycles. The van der Waals surface area contributed by atoms with Gasteiger partial charge in [-0.15, -0.1) is 0 Å². The zero-order chi connectivity index (χ0) is 9.57. The molecule has 0 unspecified atom stereocenters. The van der Waals surface area contributed by atoms with Crippen LogP contribution in [-0.4, -0.2) is 39.9 Å². The molecule has 0 radical (unpaired) electrons. The summed E-state index contributed by atoms with van der Waals surface area (Å²) in [7, 11) is 0. The van der Waals surface area contributed by atoms with Crippen LogP contribution in [0, 0.1) is 0 Å². The van der Waals surface area contributed by atoms with Gasteiger partial charge in [-0.05, 0) is 0 Å². The molecule has 0 aromatic heterocycles. The summed E-state index contributed by atoms with van der Waals surface area (Å²) in [4.78, 5) is 0. The molecule has 1 aliphatic heterocycles. The number of rotatable bonds is 6. The molecule has 13 heavy (non-hydrogen) atoms. The minimum atomic E-state index is -0.225. The van der Waals surface area contributed by atoms with E-state index >= 15 is 0 Å². The fraction of sp³-hybridized carbons (Fsp3) is 1.00. The summed E-state index contributed by atoms with van der Waals surface area (Å²) in [5.74, 6) is -0.225. The van der Waals surface area contributed by atoms with Gasteiger partial charge in [0.25, 0.3) is 0 Å². The molecule has 2 nitrogen and oxygen atoms in total. The van der Waals surface area contributed by atoms with Crippen LogP contribution in [0.25, 0.3) is 0 Å². The van der Waals surface area contributed by atoms with Gasteiger partial charge in [0.05, 0.1) is 0 Å². The van der Waals surface area contributed by atoms with Gasteiger partial charge < -0.3 is 0 Å². The topological polar surface area (TPSA) is 18.5 Å². The molecule has 0 aromatic carbocycles. The van der Waals surface area contributed by atoms with Gasteiger partial charge in [0.2, 0.25) is 0 Å². The van der Waals surface area contributed by atoms with Crippen molar-refractivity contribution in [2.24, 2.45) is 0 Å². The SMILES string of the molecule is CCCC[Te]CCC1(C)OCCO1. The summed E-state index contributed by atoms with van der Waals surface area (Å²) < 4.78 is 13.9. The Bertz CT molecular complexity index is 133. The molecule has 1 rings (SSSR count). The van der Waals surface area contributed by atoms with Crippen LogP contribution in [0.15, 0.2) is 0 Å². The molecule has 3 heteroatoms. The van der Waals surface area contributed by atoms with Crippen LogP contribution in [0.5, 0.6) is 0 Å². The van der Waals surface area contributed by atoms with Crippen LogP contribution < -0.4 is 0 Å². The van der Waals surface area contributed by atoms with Crippen LogP contribution in [0.3, 0.4) is 0 Å². The normalized spacial score (nSPS) is 20.8. The van der Waals surface area contributed by atoms with Gasteiger partial charge in [0, 0.05) is 0 Å². The van der Waals surface area contributed by atoms with Crippen molar-refractivity contribution in [2.45, 2.75) is 47.8 Å². The van der Waals surface area contributed by atoms with Crippen molar-refractivity contribution in [2.75, 3.05) is 13.2 Å². The second-order valence-corrected chi connectivity index (χ2v) is 7.04. The number of hydrogen-bond donors (Lipinski definition) is 0. The van der Waals surface area contributed by atoms with Gasteiger partial charge in [-0.3, -0.25) is 0 Å². The summed E-state index contributed by atoms with van der Waals surface area (Å²) in [5.41, 5.74) is 0. The summed E-state index contributed by atoms with van der Waals surface area (Å²) >= 11 is 0.243. The number of ether oxygens (including phenoxy) is 2. The molecule has 0 N–H and O–H groups in total. The Balaban J connectivity index is 1.98. The Morgan fingerprint density at radius 1 is 1.23 bits per heavy atom. The maximum absolute atomic E-state index is 5.55. The predicted octanol–water partition coefficient (Wildman–Crippen LogP) is 2.48. The van der Waals surface area contributed by atoms with Crippen LogP contribution in [0.4, 0.5) is 0 Å². The summed E-state index contributed by atoms with van der Waals surface area (Å²) in [6, 6.07) is 0. The summed E-state index contributed by atoms with van der Waals surface area (Å²) in [6.45, 7) is 5.91. The molecule has 0 atom stereocenters. The molecular weight excluding hydrogens is 280 g/mol.